The highest BCUT2D eigenvalue weighted by Gasteiger charge is 2.34. The maximum atomic E-state index is 10.6. The average Bonchev–Trinajstić information content (AvgIpc) is 2.11. The van der Waals surface area contributed by atoms with E-state index in [-0.39, 0.29) is 6.42 Å². The van der Waals surface area contributed by atoms with Crippen molar-refractivity contribution in [1.82, 2.24) is 0 Å². The van der Waals surface area contributed by atoms with E-state index in [0.717, 1.165) is 0 Å². The first-order chi connectivity index (χ1) is 4.93. The average molecular weight is 176 g/mol. The Labute approximate surface area is 65.8 Å². The summed E-state index contributed by atoms with van der Waals surface area (Å²) in [5.41, 5.74) is 5.80. The molecule has 11 heavy (non-hydrogen) atoms. The van der Waals surface area contributed by atoms with Crippen LogP contribution in [-0.2, 0) is 10.1 Å². The van der Waals surface area contributed by atoms with Gasteiger partial charge in [-0.3, -0.25) is 4.55 Å². The molecule has 0 heterocycles. The van der Waals surface area contributed by atoms with Gasteiger partial charge in [0.15, 0.2) is 0 Å². The van der Waals surface area contributed by atoms with E-state index in [9.17, 15) is 8.42 Å². The Morgan fingerprint density at radius 1 is 1.73 bits per heavy atom. The molecule has 63 valence electrons. The second-order valence-electron chi connectivity index (χ2n) is 2.58. The molecule has 4 nitrogen and oxygen atoms in total. The molecule has 0 aromatic carbocycles. The van der Waals surface area contributed by atoms with Crippen LogP contribution in [0.1, 0.15) is 6.42 Å². The standard InChI is InChI=1S/C6H10NO3S/c1-4-5(7)2-3-6(4)11(8,9)10/h2,5-6H,1,3,7H2,(H,8,9,10). The molecule has 1 saturated carbocycles. The molecule has 3 N–H and O–H groups in total. The van der Waals surface area contributed by atoms with Gasteiger partial charge < -0.3 is 5.73 Å². The van der Waals surface area contributed by atoms with Gasteiger partial charge in [-0.15, -0.1) is 0 Å². The molecule has 2 atom stereocenters. The van der Waals surface area contributed by atoms with Crippen LogP contribution >= 0.6 is 0 Å². The Morgan fingerprint density at radius 3 is 2.45 bits per heavy atom. The molecule has 5 heteroatoms. The normalized spacial score (nSPS) is 32.7. The van der Waals surface area contributed by atoms with Gasteiger partial charge in [0.25, 0.3) is 10.1 Å². The van der Waals surface area contributed by atoms with Gasteiger partial charge in [0, 0.05) is 6.04 Å². The highest BCUT2D eigenvalue weighted by Crippen LogP contribution is 2.26. The third-order valence-corrected chi connectivity index (χ3v) is 3.02. The lowest BCUT2D eigenvalue weighted by molar-refractivity contribution is 0.474. The van der Waals surface area contributed by atoms with Crippen molar-refractivity contribution in [3.05, 3.63) is 18.6 Å². The highest BCUT2D eigenvalue weighted by molar-refractivity contribution is 7.86. The van der Waals surface area contributed by atoms with E-state index in [0.29, 0.717) is 5.57 Å². The molecule has 1 aliphatic carbocycles. The number of rotatable bonds is 1. The van der Waals surface area contributed by atoms with Crippen molar-refractivity contribution < 1.29 is 13.0 Å². The molecule has 0 aromatic rings. The van der Waals surface area contributed by atoms with Crippen molar-refractivity contribution in [2.75, 3.05) is 0 Å². The van der Waals surface area contributed by atoms with E-state index < -0.39 is 21.4 Å². The van der Waals surface area contributed by atoms with E-state index >= 15 is 0 Å². The maximum Gasteiger partial charge on any atom is 0.271 e. The minimum atomic E-state index is -4.00. The summed E-state index contributed by atoms with van der Waals surface area (Å²) in [7, 11) is -4.00. The molecular weight excluding hydrogens is 166 g/mol. The van der Waals surface area contributed by atoms with Gasteiger partial charge >= 0.3 is 0 Å². The summed E-state index contributed by atoms with van der Waals surface area (Å²) in [5, 5.41) is -0.891. The third kappa shape index (κ3) is 1.61. The Bertz CT molecular complexity index is 270. The predicted molar refractivity (Wildman–Crippen MR) is 41.4 cm³/mol. The zero-order valence-electron chi connectivity index (χ0n) is 5.90. The van der Waals surface area contributed by atoms with Crippen LogP contribution in [0.2, 0.25) is 0 Å². The first-order valence-electron chi connectivity index (χ1n) is 3.17. The number of hydrogen-bond acceptors (Lipinski definition) is 3. The molecule has 1 rings (SSSR count). The smallest absolute Gasteiger partial charge is 0.271 e. The lowest BCUT2D eigenvalue weighted by Gasteiger charge is -2.07. The van der Waals surface area contributed by atoms with Gasteiger partial charge in [-0.1, -0.05) is 6.58 Å². The molecule has 0 saturated heterocycles. The lowest BCUT2D eigenvalue weighted by Crippen LogP contribution is -2.24. The Morgan fingerprint density at radius 2 is 2.27 bits per heavy atom. The van der Waals surface area contributed by atoms with E-state index in [1.807, 2.05) is 0 Å². The van der Waals surface area contributed by atoms with Gasteiger partial charge in [0.05, 0.1) is 0 Å². The van der Waals surface area contributed by atoms with Gasteiger partial charge in [-0.2, -0.15) is 8.42 Å². The number of hydrogen-bond donors (Lipinski definition) is 2. The van der Waals surface area contributed by atoms with Crippen molar-refractivity contribution in [2.45, 2.75) is 17.7 Å². The van der Waals surface area contributed by atoms with Crippen molar-refractivity contribution in [2.24, 2.45) is 5.73 Å². The zero-order chi connectivity index (χ0) is 8.65. The molecule has 1 radical (unpaired) electrons. The van der Waals surface area contributed by atoms with Crippen LogP contribution in [0.3, 0.4) is 0 Å². The first-order valence-corrected chi connectivity index (χ1v) is 4.67. The Balaban J connectivity index is 2.87. The summed E-state index contributed by atoms with van der Waals surface area (Å²) >= 11 is 0. The monoisotopic (exact) mass is 176 g/mol. The highest BCUT2D eigenvalue weighted by atomic mass is 32.2. The van der Waals surface area contributed by atoms with E-state index in [2.05, 4.69) is 6.58 Å². The molecule has 2 unspecified atom stereocenters. The molecule has 0 aromatic heterocycles. The van der Waals surface area contributed by atoms with Crippen molar-refractivity contribution in [1.29, 1.82) is 0 Å². The summed E-state index contributed by atoms with van der Waals surface area (Å²) in [5.74, 6) is 0. The second kappa shape index (κ2) is 2.58. The van der Waals surface area contributed by atoms with Crippen molar-refractivity contribution >= 4 is 10.1 Å². The van der Waals surface area contributed by atoms with E-state index in [1.165, 1.54) is 0 Å². The summed E-state index contributed by atoms with van der Waals surface area (Å²) in [6.07, 6.45) is 1.89. The molecule has 0 amide bonds. The lowest BCUT2D eigenvalue weighted by atomic mass is 10.2. The molecule has 0 aliphatic heterocycles. The van der Waals surface area contributed by atoms with Crippen LogP contribution < -0.4 is 5.73 Å². The SMILES string of the molecule is C=C1C(N)[CH]CC1S(=O)(=O)O. The molecule has 1 aliphatic rings. The fourth-order valence-electron chi connectivity index (χ4n) is 1.10. The van der Waals surface area contributed by atoms with Crippen molar-refractivity contribution in [3.63, 3.8) is 0 Å². The fourth-order valence-corrected chi connectivity index (χ4v) is 1.99. The van der Waals surface area contributed by atoms with Crippen LogP contribution in [0.25, 0.3) is 0 Å². The van der Waals surface area contributed by atoms with Crippen LogP contribution in [0.4, 0.5) is 0 Å². The third-order valence-electron chi connectivity index (χ3n) is 1.81. The summed E-state index contributed by atoms with van der Waals surface area (Å²) < 4.78 is 29.9. The maximum absolute atomic E-state index is 10.6. The Hall–Kier alpha value is -0.390. The van der Waals surface area contributed by atoms with Gasteiger partial charge in [0.2, 0.25) is 0 Å². The number of nitrogens with two attached hydrogens (primary N) is 1. The van der Waals surface area contributed by atoms with Gasteiger partial charge in [0.1, 0.15) is 5.25 Å². The van der Waals surface area contributed by atoms with Crippen LogP contribution in [0.5, 0.6) is 0 Å². The first kappa shape index (κ1) is 8.70. The fraction of sp³-hybridized carbons (Fsp3) is 0.500. The van der Waals surface area contributed by atoms with E-state index in [1.54, 1.807) is 6.42 Å². The minimum absolute atomic E-state index is 0.263. The van der Waals surface area contributed by atoms with Gasteiger partial charge in [-0.25, -0.2) is 0 Å². The summed E-state index contributed by atoms with van der Waals surface area (Å²) in [6, 6.07) is -0.401. The summed E-state index contributed by atoms with van der Waals surface area (Å²) in [6.45, 7) is 3.49. The quantitative estimate of drug-likeness (QED) is 0.426. The largest absolute Gasteiger partial charge is 0.324 e. The molecule has 1 fully saturated rings. The molecule has 0 spiro atoms. The molecular formula is C6H10NO3S. The van der Waals surface area contributed by atoms with Crippen molar-refractivity contribution in [3.8, 4) is 0 Å². The summed E-state index contributed by atoms with van der Waals surface area (Å²) in [4.78, 5) is 0. The topological polar surface area (TPSA) is 80.4 Å². The molecule has 0 bridgehead atoms. The zero-order valence-corrected chi connectivity index (χ0v) is 6.71. The van der Waals surface area contributed by atoms with Crippen LogP contribution in [0.15, 0.2) is 12.2 Å². The van der Waals surface area contributed by atoms with Crippen LogP contribution in [-0.4, -0.2) is 24.3 Å². The Kier molecular flexibility index (Phi) is 2.04. The predicted octanol–water partition coefficient (Wildman–Crippen LogP) is -0.266. The van der Waals surface area contributed by atoms with E-state index in [4.69, 9.17) is 10.3 Å². The van der Waals surface area contributed by atoms with Gasteiger partial charge in [-0.05, 0) is 18.4 Å². The minimum Gasteiger partial charge on any atom is -0.324 e. The second-order valence-corrected chi connectivity index (χ2v) is 4.17. The van der Waals surface area contributed by atoms with Crippen LogP contribution in [0, 0.1) is 6.42 Å².